The van der Waals surface area contributed by atoms with Gasteiger partial charge < -0.3 is 19.6 Å². The summed E-state index contributed by atoms with van der Waals surface area (Å²) < 4.78 is 10.9. The number of furan rings is 1. The van der Waals surface area contributed by atoms with Crippen molar-refractivity contribution in [1.82, 2.24) is 0 Å². The number of hydrogen-bond donors (Lipinski definition) is 2. The van der Waals surface area contributed by atoms with Gasteiger partial charge in [0.1, 0.15) is 23.9 Å². The van der Waals surface area contributed by atoms with Gasteiger partial charge in [0.05, 0.1) is 5.02 Å². The maximum absolute atomic E-state index is 12.0. The zero-order valence-corrected chi connectivity index (χ0v) is 14.0. The van der Waals surface area contributed by atoms with E-state index >= 15 is 0 Å². The molecule has 0 bridgehead atoms. The van der Waals surface area contributed by atoms with Gasteiger partial charge in [0.15, 0.2) is 6.61 Å². The zero-order chi connectivity index (χ0) is 17.6. The van der Waals surface area contributed by atoms with Crippen molar-refractivity contribution in [3.63, 3.8) is 0 Å². The molecule has 0 aliphatic heterocycles. The molecule has 128 valence electrons. The molecular weight excluding hydrogens is 342 g/mol. The normalized spacial score (nSPS) is 10.5. The number of hydrogen-bond acceptors (Lipinski definition) is 4. The quantitative estimate of drug-likeness (QED) is 0.696. The SMILES string of the molecule is O=C(COc1ccccc1Cl)Nc1ccc(-c2ccc(CO)o2)cc1. The van der Waals surface area contributed by atoms with Crippen LogP contribution in [0.25, 0.3) is 11.3 Å². The van der Waals surface area contributed by atoms with Crippen LogP contribution in [0.4, 0.5) is 5.69 Å². The fourth-order valence-corrected chi connectivity index (χ4v) is 2.43. The van der Waals surface area contributed by atoms with E-state index in [0.717, 1.165) is 5.56 Å². The van der Waals surface area contributed by atoms with Gasteiger partial charge in [0, 0.05) is 11.3 Å². The van der Waals surface area contributed by atoms with Gasteiger partial charge in [-0.25, -0.2) is 0 Å². The Morgan fingerprint density at radius 2 is 1.84 bits per heavy atom. The van der Waals surface area contributed by atoms with Crippen molar-refractivity contribution in [2.24, 2.45) is 0 Å². The Morgan fingerprint density at radius 1 is 1.08 bits per heavy atom. The molecular formula is C19H16ClNO4. The van der Waals surface area contributed by atoms with Crippen LogP contribution in [0, 0.1) is 0 Å². The smallest absolute Gasteiger partial charge is 0.262 e. The lowest BCUT2D eigenvalue weighted by Gasteiger charge is -2.09. The van der Waals surface area contributed by atoms with Gasteiger partial charge in [-0.1, -0.05) is 23.7 Å². The number of nitrogens with one attached hydrogen (secondary N) is 1. The minimum absolute atomic E-state index is 0.135. The van der Waals surface area contributed by atoms with Crippen LogP contribution >= 0.6 is 11.6 Å². The van der Waals surface area contributed by atoms with Crippen molar-refractivity contribution in [2.75, 3.05) is 11.9 Å². The van der Waals surface area contributed by atoms with Gasteiger partial charge in [-0.2, -0.15) is 0 Å². The first kappa shape index (κ1) is 17.1. The zero-order valence-electron chi connectivity index (χ0n) is 13.2. The van der Waals surface area contributed by atoms with E-state index in [-0.39, 0.29) is 19.1 Å². The van der Waals surface area contributed by atoms with Gasteiger partial charge in [-0.3, -0.25) is 4.79 Å². The maximum Gasteiger partial charge on any atom is 0.262 e. The van der Waals surface area contributed by atoms with Crippen molar-refractivity contribution < 1.29 is 19.1 Å². The first-order valence-corrected chi connectivity index (χ1v) is 8.00. The van der Waals surface area contributed by atoms with E-state index in [1.807, 2.05) is 12.1 Å². The van der Waals surface area contributed by atoms with Crippen molar-refractivity contribution in [2.45, 2.75) is 6.61 Å². The van der Waals surface area contributed by atoms with Crippen LogP contribution in [0.1, 0.15) is 5.76 Å². The number of carbonyl (C=O) groups excluding carboxylic acids is 1. The van der Waals surface area contributed by atoms with Gasteiger partial charge in [0.2, 0.25) is 0 Å². The van der Waals surface area contributed by atoms with Crippen LogP contribution < -0.4 is 10.1 Å². The summed E-state index contributed by atoms with van der Waals surface area (Å²) in [6.07, 6.45) is 0. The fraction of sp³-hybridized carbons (Fsp3) is 0.105. The summed E-state index contributed by atoms with van der Waals surface area (Å²) in [5.41, 5.74) is 1.50. The Kier molecular flexibility index (Phi) is 5.38. The molecule has 0 spiro atoms. The van der Waals surface area contributed by atoms with Gasteiger partial charge in [-0.05, 0) is 48.5 Å². The number of para-hydroxylation sites is 1. The predicted molar refractivity (Wildman–Crippen MR) is 95.6 cm³/mol. The second-order valence-electron chi connectivity index (χ2n) is 5.27. The molecule has 0 radical (unpaired) electrons. The highest BCUT2D eigenvalue weighted by atomic mass is 35.5. The van der Waals surface area contributed by atoms with Crippen LogP contribution in [0.3, 0.4) is 0 Å². The first-order valence-electron chi connectivity index (χ1n) is 7.63. The number of ether oxygens (including phenoxy) is 1. The number of carbonyl (C=O) groups is 1. The molecule has 25 heavy (non-hydrogen) atoms. The molecule has 3 aromatic rings. The largest absolute Gasteiger partial charge is 0.482 e. The highest BCUT2D eigenvalue weighted by Crippen LogP contribution is 2.24. The van der Waals surface area contributed by atoms with Crippen LogP contribution in [0.2, 0.25) is 5.02 Å². The van der Waals surface area contributed by atoms with Gasteiger partial charge >= 0.3 is 0 Å². The Labute approximate surface area is 149 Å². The number of rotatable bonds is 6. The molecule has 0 saturated carbocycles. The number of benzene rings is 2. The predicted octanol–water partition coefficient (Wildman–Crippen LogP) is 4.11. The third-order valence-corrected chi connectivity index (χ3v) is 3.78. The highest BCUT2D eigenvalue weighted by molar-refractivity contribution is 6.32. The van der Waals surface area contributed by atoms with E-state index in [4.69, 9.17) is 25.9 Å². The molecule has 1 heterocycles. The van der Waals surface area contributed by atoms with E-state index in [1.165, 1.54) is 0 Å². The van der Waals surface area contributed by atoms with E-state index in [0.29, 0.717) is 28.0 Å². The number of halogens is 1. The average molecular weight is 358 g/mol. The van der Waals surface area contributed by atoms with Crippen molar-refractivity contribution in [1.29, 1.82) is 0 Å². The lowest BCUT2D eigenvalue weighted by molar-refractivity contribution is -0.118. The molecule has 3 rings (SSSR count). The van der Waals surface area contributed by atoms with Crippen LogP contribution in [-0.2, 0) is 11.4 Å². The molecule has 0 saturated heterocycles. The molecule has 6 heteroatoms. The molecule has 2 aromatic carbocycles. The number of amides is 1. The summed E-state index contributed by atoms with van der Waals surface area (Å²) in [6, 6.07) is 17.7. The van der Waals surface area contributed by atoms with E-state index in [1.54, 1.807) is 48.5 Å². The van der Waals surface area contributed by atoms with E-state index in [9.17, 15) is 4.79 Å². The summed E-state index contributed by atoms with van der Waals surface area (Å²) in [4.78, 5) is 12.0. The van der Waals surface area contributed by atoms with Gasteiger partial charge in [0.25, 0.3) is 5.91 Å². The standard InChI is InChI=1S/C19H16ClNO4/c20-16-3-1-2-4-18(16)24-12-19(23)21-14-7-5-13(6-8-14)17-10-9-15(11-22)25-17/h1-10,22H,11-12H2,(H,21,23). The van der Waals surface area contributed by atoms with Gasteiger partial charge in [-0.15, -0.1) is 0 Å². The molecule has 0 fully saturated rings. The molecule has 0 aliphatic carbocycles. The minimum atomic E-state index is -0.284. The summed E-state index contributed by atoms with van der Waals surface area (Å²) in [6.45, 7) is -0.275. The van der Waals surface area contributed by atoms with Crippen molar-refractivity contribution >= 4 is 23.2 Å². The highest BCUT2D eigenvalue weighted by Gasteiger charge is 2.07. The number of aliphatic hydroxyl groups is 1. The van der Waals surface area contributed by atoms with Crippen LogP contribution in [-0.4, -0.2) is 17.6 Å². The summed E-state index contributed by atoms with van der Waals surface area (Å²) in [7, 11) is 0. The number of anilines is 1. The fourth-order valence-electron chi connectivity index (χ4n) is 2.24. The Balaban J connectivity index is 1.57. The second-order valence-corrected chi connectivity index (χ2v) is 5.68. The molecule has 1 aromatic heterocycles. The molecule has 1 amide bonds. The number of aliphatic hydroxyl groups excluding tert-OH is 1. The van der Waals surface area contributed by atoms with Crippen LogP contribution in [0.5, 0.6) is 5.75 Å². The Hall–Kier alpha value is -2.76. The third kappa shape index (κ3) is 4.41. The summed E-state index contributed by atoms with van der Waals surface area (Å²) in [5.74, 6) is 1.34. The minimum Gasteiger partial charge on any atom is -0.482 e. The molecule has 5 nitrogen and oxygen atoms in total. The molecule has 0 unspecified atom stereocenters. The summed E-state index contributed by atoms with van der Waals surface area (Å²) >= 11 is 5.97. The monoisotopic (exact) mass is 357 g/mol. The van der Waals surface area contributed by atoms with Crippen molar-refractivity contribution in [3.05, 3.63) is 71.4 Å². The van der Waals surface area contributed by atoms with Crippen LogP contribution in [0.15, 0.2) is 65.1 Å². The average Bonchev–Trinajstić information content (AvgIpc) is 3.11. The topological polar surface area (TPSA) is 71.7 Å². The lowest BCUT2D eigenvalue weighted by atomic mass is 10.1. The third-order valence-electron chi connectivity index (χ3n) is 3.47. The lowest BCUT2D eigenvalue weighted by Crippen LogP contribution is -2.20. The van der Waals surface area contributed by atoms with E-state index < -0.39 is 0 Å². The molecule has 0 aliphatic rings. The molecule has 0 atom stereocenters. The Morgan fingerprint density at radius 3 is 2.52 bits per heavy atom. The van der Waals surface area contributed by atoms with Crippen molar-refractivity contribution in [3.8, 4) is 17.1 Å². The molecule has 2 N–H and O–H groups in total. The van der Waals surface area contributed by atoms with E-state index in [2.05, 4.69) is 5.32 Å². The first-order chi connectivity index (χ1) is 12.2. The second kappa shape index (κ2) is 7.88. The maximum atomic E-state index is 12.0. The Bertz CT molecular complexity index is 858. The summed E-state index contributed by atoms with van der Waals surface area (Å²) in [5, 5.41) is 12.2.